The lowest BCUT2D eigenvalue weighted by Gasteiger charge is -2.20. The van der Waals surface area contributed by atoms with Crippen molar-refractivity contribution in [3.63, 3.8) is 0 Å². The number of amides is 1. The number of nitrogens with one attached hydrogen (secondary N) is 1. The van der Waals surface area contributed by atoms with Crippen molar-refractivity contribution in [3.05, 3.63) is 102 Å². The van der Waals surface area contributed by atoms with Gasteiger partial charge in [0, 0.05) is 35.9 Å². The molecule has 0 saturated carbocycles. The lowest BCUT2D eigenvalue weighted by Crippen LogP contribution is -2.29. The highest BCUT2D eigenvalue weighted by Gasteiger charge is 2.31. The first-order valence-corrected chi connectivity index (χ1v) is 14.2. The molecule has 0 spiro atoms. The number of anilines is 1. The summed E-state index contributed by atoms with van der Waals surface area (Å²) in [4.78, 5) is 25.0. The van der Waals surface area contributed by atoms with Crippen molar-refractivity contribution < 1.29 is 34.4 Å². The Morgan fingerprint density at radius 3 is 2.14 bits per heavy atom. The Bertz CT molecular complexity index is 1530. The van der Waals surface area contributed by atoms with Gasteiger partial charge in [-0.25, -0.2) is 4.39 Å². The van der Waals surface area contributed by atoms with E-state index < -0.39 is 30.4 Å². The van der Waals surface area contributed by atoms with Crippen molar-refractivity contribution in [2.75, 3.05) is 5.32 Å². The minimum atomic E-state index is -1.40. The van der Waals surface area contributed by atoms with Crippen LogP contribution in [-0.2, 0) is 17.9 Å². The Morgan fingerprint density at radius 2 is 1.56 bits per heavy atom. The van der Waals surface area contributed by atoms with Gasteiger partial charge in [0.25, 0.3) is 5.91 Å². The smallest absolute Gasteiger partial charge is 0.258 e. The van der Waals surface area contributed by atoms with Crippen LogP contribution in [0.15, 0.2) is 78.9 Å². The summed E-state index contributed by atoms with van der Waals surface area (Å²) in [7, 11) is 0. The standard InChI is InChI=1S/C34H37FN2O6/c1-21(2)32-31(34(43)36-26-14-8-22(20-38)9-15-26)30(23-6-4-3-5-7-23)33(24-10-12-25(35)13-11-24)37(32)17-16-27(39)18-28(40)19-29(41)42/h3-15,21,27-28,38-40H,16-20H2,1-2H3,(H,36,43)(H,41,42)/p-1/t27-,28-/m1/s1. The molecule has 43 heavy (non-hydrogen) atoms. The van der Waals surface area contributed by atoms with E-state index >= 15 is 0 Å². The Labute approximate surface area is 250 Å². The van der Waals surface area contributed by atoms with Crippen LogP contribution in [0.2, 0.25) is 0 Å². The van der Waals surface area contributed by atoms with Gasteiger partial charge in [-0.05, 0) is 71.8 Å². The zero-order valence-corrected chi connectivity index (χ0v) is 24.2. The van der Waals surface area contributed by atoms with Crippen LogP contribution in [-0.4, -0.2) is 44.0 Å². The number of hydrogen-bond donors (Lipinski definition) is 4. The maximum Gasteiger partial charge on any atom is 0.258 e. The second-order valence-electron chi connectivity index (χ2n) is 10.9. The lowest BCUT2D eigenvalue weighted by molar-refractivity contribution is -0.307. The Kier molecular flexibility index (Phi) is 10.5. The Balaban J connectivity index is 1.88. The SMILES string of the molecule is CC(C)c1c(C(=O)Nc2ccc(CO)cc2)c(-c2ccccc2)c(-c2ccc(F)cc2)n1CC[C@@H](O)C[C@@H](O)CC(=O)[O-]. The van der Waals surface area contributed by atoms with Gasteiger partial charge in [-0.1, -0.05) is 56.3 Å². The summed E-state index contributed by atoms with van der Waals surface area (Å²) in [5.74, 6) is -2.32. The van der Waals surface area contributed by atoms with E-state index in [0.29, 0.717) is 39.3 Å². The number of carbonyl (C=O) groups excluding carboxylic acids is 2. The highest BCUT2D eigenvalue weighted by atomic mass is 19.1. The van der Waals surface area contributed by atoms with Crippen LogP contribution in [0.4, 0.5) is 10.1 Å². The molecule has 1 aromatic heterocycles. The topological polar surface area (TPSA) is 135 Å². The zero-order chi connectivity index (χ0) is 31.1. The summed E-state index contributed by atoms with van der Waals surface area (Å²) in [6, 6.07) is 22.3. The maximum absolute atomic E-state index is 14.1. The van der Waals surface area contributed by atoms with Gasteiger partial charge >= 0.3 is 0 Å². The quantitative estimate of drug-likeness (QED) is 0.182. The van der Waals surface area contributed by atoms with Crippen LogP contribution in [0.3, 0.4) is 0 Å². The van der Waals surface area contributed by atoms with Gasteiger partial charge in [-0.3, -0.25) is 4.79 Å². The van der Waals surface area contributed by atoms with Crippen molar-refractivity contribution in [1.29, 1.82) is 0 Å². The second-order valence-corrected chi connectivity index (χ2v) is 10.9. The third kappa shape index (κ3) is 7.75. The van der Waals surface area contributed by atoms with Crippen molar-refractivity contribution in [1.82, 2.24) is 4.57 Å². The third-order valence-corrected chi connectivity index (χ3v) is 7.28. The van der Waals surface area contributed by atoms with Gasteiger partial charge in [0.05, 0.1) is 30.1 Å². The molecule has 1 heterocycles. The summed E-state index contributed by atoms with van der Waals surface area (Å²) in [6.07, 6.45) is -2.86. The number of aliphatic hydroxyl groups is 3. The fourth-order valence-corrected chi connectivity index (χ4v) is 5.37. The van der Waals surface area contributed by atoms with E-state index in [1.165, 1.54) is 12.1 Å². The molecule has 226 valence electrons. The van der Waals surface area contributed by atoms with Crippen LogP contribution >= 0.6 is 0 Å². The number of aliphatic hydroxyl groups excluding tert-OH is 3. The van der Waals surface area contributed by atoms with Gasteiger partial charge in [-0.2, -0.15) is 0 Å². The van der Waals surface area contributed by atoms with Gasteiger partial charge in [0.1, 0.15) is 5.82 Å². The van der Waals surface area contributed by atoms with E-state index in [-0.39, 0.29) is 37.8 Å². The average Bonchev–Trinajstić information content (AvgIpc) is 3.32. The highest BCUT2D eigenvalue weighted by molar-refractivity contribution is 6.12. The molecule has 0 saturated heterocycles. The van der Waals surface area contributed by atoms with Crippen LogP contribution in [0.1, 0.15) is 60.6 Å². The summed E-state index contributed by atoms with van der Waals surface area (Å²) in [5.41, 5.74) is 5.13. The van der Waals surface area contributed by atoms with E-state index in [4.69, 9.17) is 0 Å². The first kappa shape index (κ1) is 31.6. The molecule has 1 amide bonds. The molecule has 0 radical (unpaired) electrons. The number of aromatic nitrogens is 1. The van der Waals surface area contributed by atoms with Crippen molar-refractivity contribution >= 4 is 17.6 Å². The molecule has 4 aromatic rings. The van der Waals surface area contributed by atoms with Gasteiger partial charge in [0.15, 0.2) is 0 Å². The molecule has 0 fully saturated rings. The van der Waals surface area contributed by atoms with Crippen LogP contribution in [0.5, 0.6) is 0 Å². The van der Waals surface area contributed by atoms with Gasteiger partial charge in [-0.15, -0.1) is 0 Å². The number of rotatable bonds is 13. The minimum absolute atomic E-state index is 0.121. The fourth-order valence-electron chi connectivity index (χ4n) is 5.37. The minimum Gasteiger partial charge on any atom is -0.550 e. The first-order chi connectivity index (χ1) is 20.6. The summed E-state index contributed by atoms with van der Waals surface area (Å²) in [6.45, 7) is 4.03. The Morgan fingerprint density at radius 1 is 0.907 bits per heavy atom. The molecule has 0 aliphatic rings. The Hall–Kier alpha value is -4.31. The predicted octanol–water partition coefficient (Wildman–Crippen LogP) is 4.47. The number of hydrogen-bond acceptors (Lipinski definition) is 6. The molecule has 0 aliphatic carbocycles. The third-order valence-electron chi connectivity index (χ3n) is 7.28. The van der Waals surface area contributed by atoms with Crippen LogP contribution in [0, 0.1) is 5.82 Å². The van der Waals surface area contributed by atoms with Crippen molar-refractivity contribution in [3.8, 4) is 22.4 Å². The molecule has 8 nitrogen and oxygen atoms in total. The summed E-state index contributed by atoms with van der Waals surface area (Å²) < 4.78 is 16.0. The molecule has 9 heteroatoms. The summed E-state index contributed by atoms with van der Waals surface area (Å²) in [5, 5.41) is 44.1. The maximum atomic E-state index is 14.1. The normalized spacial score (nSPS) is 12.7. The van der Waals surface area contributed by atoms with E-state index in [1.54, 1.807) is 36.4 Å². The number of carboxylic acid groups (broad SMARTS) is 1. The van der Waals surface area contributed by atoms with E-state index in [1.807, 2.05) is 48.7 Å². The largest absolute Gasteiger partial charge is 0.550 e. The van der Waals surface area contributed by atoms with Crippen molar-refractivity contribution in [2.45, 2.75) is 64.4 Å². The highest BCUT2D eigenvalue weighted by Crippen LogP contribution is 2.42. The van der Waals surface area contributed by atoms with Gasteiger partial charge in [0.2, 0.25) is 0 Å². The number of carboxylic acids is 1. The number of aliphatic carboxylic acids is 1. The summed E-state index contributed by atoms with van der Waals surface area (Å²) >= 11 is 0. The fraction of sp³-hybridized carbons (Fsp3) is 0.294. The molecule has 0 aliphatic heterocycles. The molecular formula is C34H36FN2O6-. The molecule has 0 unspecified atom stereocenters. The number of halogens is 1. The van der Waals surface area contributed by atoms with Crippen LogP contribution < -0.4 is 10.4 Å². The predicted molar refractivity (Wildman–Crippen MR) is 161 cm³/mol. The van der Waals surface area contributed by atoms with E-state index in [9.17, 15) is 34.4 Å². The van der Waals surface area contributed by atoms with Crippen molar-refractivity contribution in [2.24, 2.45) is 0 Å². The number of nitrogens with zero attached hydrogens (tertiary/aromatic N) is 1. The van der Waals surface area contributed by atoms with Gasteiger partial charge < -0.3 is 35.1 Å². The molecule has 2 atom stereocenters. The van der Waals surface area contributed by atoms with E-state index in [0.717, 1.165) is 5.56 Å². The number of carbonyl (C=O) groups is 2. The molecule has 4 N–H and O–H groups in total. The molecule has 4 rings (SSSR count). The molecule has 0 bridgehead atoms. The monoisotopic (exact) mass is 587 g/mol. The second kappa shape index (κ2) is 14.2. The zero-order valence-electron chi connectivity index (χ0n) is 24.2. The van der Waals surface area contributed by atoms with E-state index in [2.05, 4.69) is 5.32 Å². The van der Waals surface area contributed by atoms with Crippen LogP contribution in [0.25, 0.3) is 22.4 Å². The molecule has 3 aromatic carbocycles. The molecular weight excluding hydrogens is 551 g/mol. The average molecular weight is 588 g/mol. The first-order valence-electron chi connectivity index (χ1n) is 14.2. The number of benzene rings is 3. The lowest BCUT2D eigenvalue weighted by atomic mass is 9.94.